The third-order valence-corrected chi connectivity index (χ3v) is 5.66. The molecule has 21 heavy (non-hydrogen) atoms. The molecule has 0 aliphatic heterocycles. The van der Waals surface area contributed by atoms with Crippen LogP contribution in [0.1, 0.15) is 10.6 Å². The first kappa shape index (κ1) is 17.8. The number of methoxy groups -OCH3 is 2. The summed E-state index contributed by atoms with van der Waals surface area (Å²) in [4.78, 5) is 28.7. The normalized spacial score (nSPS) is 12.6. The topological polar surface area (TPSA) is 125 Å². The van der Waals surface area contributed by atoms with E-state index in [0.29, 0.717) is 23.3 Å². The summed E-state index contributed by atoms with van der Waals surface area (Å²) in [6.07, 6.45) is 0. The number of ether oxygens (including phenoxy) is 2. The van der Waals surface area contributed by atoms with Gasteiger partial charge in [0.2, 0.25) is 0 Å². The monoisotopic (exact) mass is 337 g/mol. The van der Waals surface area contributed by atoms with Crippen molar-refractivity contribution in [1.29, 1.82) is 0 Å². The highest BCUT2D eigenvalue weighted by Gasteiger charge is 2.32. The lowest BCUT2D eigenvalue weighted by molar-refractivity contribution is -0.126. The summed E-state index contributed by atoms with van der Waals surface area (Å²) in [7, 11) is -1.71. The molecule has 8 nitrogen and oxygen atoms in total. The van der Waals surface area contributed by atoms with Crippen LogP contribution in [0, 0.1) is 0 Å². The largest absolute Gasteiger partial charge is 0.497 e. The van der Waals surface area contributed by atoms with Crippen molar-refractivity contribution in [2.24, 2.45) is 0 Å². The molecule has 10 heteroatoms. The third-order valence-electron chi connectivity index (χ3n) is 2.46. The quantitative estimate of drug-likeness (QED) is 0.331. The predicted octanol–water partition coefficient (Wildman–Crippen LogP) is 1.12. The second-order valence-electron chi connectivity index (χ2n) is 3.93. The van der Waals surface area contributed by atoms with E-state index in [1.54, 1.807) is 6.07 Å². The number of nitrogens with one attached hydrogen (secondary N) is 1. The fourth-order valence-corrected chi connectivity index (χ4v) is 3.79. The minimum absolute atomic E-state index is 0.260. The highest BCUT2D eigenvalue weighted by atomic mass is 32.2. The Balaban J connectivity index is 3.14. The lowest BCUT2D eigenvalue weighted by Gasteiger charge is -2.19. The van der Waals surface area contributed by atoms with Crippen LogP contribution in [0.15, 0.2) is 18.2 Å². The van der Waals surface area contributed by atoms with Gasteiger partial charge in [-0.3, -0.25) is 14.6 Å². The first-order valence-electron chi connectivity index (χ1n) is 5.64. The van der Waals surface area contributed by atoms with Gasteiger partial charge in [-0.2, -0.15) is 0 Å². The van der Waals surface area contributed by atoms with Crippen molar-refractivity contribution in [1.82, 2.24) is 5.48 Å². The average molecular weight is 337 g/mol. The summed E-state index contributed by atoms with van der Waals surface area (Å²) in [5.74, 6) is -0.329. The molecule has 0 saturated carbocycles. The molecule has 4 N–H and O–H groups in total. The molecule has 0 spiro atoms. The lowest BCUT2D eigenvalue weighted by Crippen LogP contribution is -2.21. The molecule has 0 aromatic heterocycles. The maximum Gasteiger partial charge on any atom is 0.342 e. The van der Waals surface area contributed by atoms with E-state index in [-0.39, 0.29) is 11.3 Å². The highest BCUT2D eigenvalue weighted by Crippen LogP contribution is 2.58. The molecule has 1 amide bonds. The van der Waals surface area contributed by atoms with E-state index < -0.39 is 18.5 Å². The Morgan fingerprint density at radius 3 is 2.19 bits per heavy atom. The van der Waals surface area contributed by atoms with Gasteiger partial charge in [0.15, 0.2) is 0 Å². The molecule has 0 saturated heterocycles. The number of carbonyl (C=O) groups is 1. The van der Waals surface area contributed by atoms with Gasteiger partial charge in [0.1, 0.15) is 16.5 Å². The van der Waals surface area contributed by atoms with Gasteiger partial charge in [-0.25, -0.2) is 5.48 Å². The van der Waals surface area contributed by atoms with Gasteiger partial charge < -0.3 is 19.3 Å². The number of amides is 1. The van der Waals surface area contributed by atoms with Gasteiger partial charge in [-0.1, -0.05) is 0 Å². The molecule has 0 aliphatic carbocycles. The van der Waals surface area contributed by atoms with Crippen LogP contribution in [0.4, 0.5) is 0 Å². The summed E-state index contributed by atoms with van der Waals surface area (Å²) in [5.41, 5.74) is 1.67. The van der Waals surface area contributed by atoms with E-state index in [2.05, 4.69) is 0 Å². The molecule has 1 atom stereocenters. The van der Waals surface area contributed by atoms with Gasteiger partial charge in [0.05, 0.1) is 20.0 Å². The predicted molar refractivity (Wildman–Crippen MR) is 76.7 cm³/mol. The Hall–Kier alpha value is -1.25. The summed E-state index contributed by atoms with van der Waals surface area (Å²) in [5, 5.41) is 8.44. The van der Waals surface area contributed by atoms with Crippen molar-refractivity contribution in [2.45, 2.75) is 4.99 Å². The summed E-state index contributed by atoms with van der Waals surface area (Å²) >= 11 is 0.706. The molecule has 118 valence electrons. The first-order valence-corrected chi connectivity index (χ1v) is 8.37. The number of carbonyl (C=O) groups excluding carboxylic acids is 1. The Bertz CT molecular complexity index is 525. The number of hydrogen-bond acceptors (Lipinski definition) is 6. The average Bonchev–Trinajstić information content (AvgIpc) is 2.45. The van der Waals surface area contributed by atoms with E-state index in [9.17, 15) is 19.1 Å². The van der Waals surface area contributed by atoms with Crippen LogP contribution < -0.4 is 15.0 Å². The maximum atomic E-state index is 11.6. The van der Waals surface area contributed by atoms with Gasteiger partial charge in [0.25, 0.3) is 5.91 Å². The van der Waals surface area contributed by atoms with Crippen LogP contribution in [-0.2, 0) is 9.36 Å². The molecule has 0 radical (unpaired) electrons. The number of benzene rings is 1. The molecule has 1 aromatic rings. The number of rotatable bonds is 7. The molecule has 0 bridgehead atoms. The van der Waals surface area contributed by atoms with Crippen LogP contribution >= 0.6 is 19.4 Å². The highest BCUT2D eigenvalue weighted by molar-refractivity contribution is 8.05. The molecule has 1 unspecified atom stereocenters. The van der Waals surface area contributed by atoms with Crippen LogP contribution in [0.3, 0.4) is 0 Å². The van der Waals surface area contributed by atoms with E-state index in [1.807, 2.05) is 0 Å². The van der Waals surface area contributed by atoms with Crippen molar-refractivity contribution in [2.75, 3.05) is 20.0 Å². The first-order chi connectivity index (χ1) is 9.81. The zero-order valence-electron chi connectivity index (χ0n) is 11.3. The van der Waals surface area contributed by atoms with Crippen LogP contribution in [0.25, 0.3) is 0 Å². The Kier molecular flexibility index (Phi) is 6.50. The Labute approximate surface area is 125 Å². The zero-order chi connectivity index (χ0) is 16.0. The van der Waals surface area contributed by atoms with Gasteiger partial charge in [-0.15, -0.1) is 11.8 Å². The van der Waals surface area contributed by atoms with Gasteiger partial charge in [-0.05, 0) is 17.7 Å². The second kappa shape index (κ2) is 7.67. The van der Waals surface area contributed by atoms with E-state index >= 15 is 0 Å². The van der Waals surface area contributed by atoms with Crippen molar-refractivity contribution in [3.05, 3.63) is 23.8 Å². The van der Waals surface area contributed by atoms with E-state index in [4.69, 9.17) is 14.7 Å². The minimum Gasteiger partial charge on any atom is -0.497 e. The standard InChI is InChI=1S/C11H16NO7PS/c1-18-8-3-7(4-9(5-8)19-2)11(20(15,16)17)21-6-10(13)12-14/h3-5,11,14H,6H2,1-2H3,(H,12,13)(H2,15,16,17). The Morgan fingerprint density at radius 1 is 1.29 bits per heavy atom. The molecular formula is C11H16NO7PS. The SMILES string of the molecule is COc1cc(OC)cc(C(SCC(=O)NO)P(=O)(O)O)c1. The minimum atomic E-state index is -4.53. The lowest BCUT2D eigenvalue weighted by atomic mass is 10.2. The summed E-state index contributed by atoms with van der Waals surface area (Å²) in [6, 6.07) is 4.47. The van der Waals surface area contributed by atoms with Crippen LogP contribution in [-0.4, -0.2) is 40.9 Å². The fourth-order valence-electron chi connectivity index (χ4n) is 1.55. The van der Waals surface area contributed by atoms with E-state index in [1.165, 1.54) is 31.8 Å². The van der Waals surface area contributed by atoms with Crippen LogP contribution in [0.5, 0.6) is 11.5 Å². The third kappa shape index (κ3) is 5.22. The molecule has 0 fully saturated rings. The van der Waals surface area contributed by atoms with Gasteiger partial charge >= 0.3 is 7.60 Å². The molecule has 0 heterocycles. The summed E-state index contributed by atoms with van der Waals surface area (Å²) in [6.45, 7) is 0. The smallest absolute Gasteiger partial charge is 0.342 e. The zero-order valence-corrected chi connectivity index (χ0v) is 13.1. The number of hydroxylamine groups is 1. The molecule has 1 aromatic carbocycles. The number of thioether (sulfide) groups is 1. The summed E-state index contributed by atoms with van der Waals surface area (Å²) < 4.78 is 21.7. The van der Waals surface area contributed by atoms with Crippen molar-refractivity contribution in [3.63, 3.8) is 0 Å². The fraction of sp³-hybridized carbons (Fsp3) is 0.364. The molecule has 0 aliphatic rings. The maximum absolute atomic E-state index is 11.6. The molecule has 1 rings (SSSR count). The van der Waals surface area contributed by atoms with Crippen molar-refractivity contribution < 1.29 is 33.8 Å². The van der Waals surface area contributed by atoms with E-state index in [0.717, 1.165) is 0 Å². The van der Waals surface area contributed by atoms with Crippen molar-refractivity contribution >= 4 is 25.3 Å². The number of hydrogen-bond donors (Lipinski definition) is 4. The van der Waals surface area contributed by atoms with Crippen LogP contribution in [0.2, 0.25) is 0 Å². The van der Waals surface area contributed by atoms with Crippen molar-refractivity contribution in [3.8, 4) is 11.5 Å². The molecular weight excluding hydrogens is 321 g/mol. The second-order valence-corrected chi connectivity index (χ2v) is 7.07. The van der Waals surface area contributed by atoms with Gasteiger partial charge in [0, 0.05) is 6.07 Å². The Morgan fingerprint density at radius 2 is 1.81 bits per heavy atom.